The molecule has 0 unspecified atom stereocenters. The first-order valence-electron chi connectivity index (χ1n) is 4.81. The summed E-state index contributed by atoms with van der Waals surface area (Å²) in [5.74, 6) is 0. The van der Waals surface area contributed by atoms with E-state index in [4.69, 9.17) is 5.73 Å². The zero-order chi connectivity index (χ0) is 11.7. The monoisotopic (exact) mass is 297 g/mol. The minimum atomic E-state index is 0.753. The second-order valence-electron chi connectivity index (χ2n) is 3.46. The molecule has 0 radical (unpaired) electrons. The molecule has 16 heavy (non-hydrogen) atoms. The highest BCUT2D eigenvalue weighted by Gasteiger charge is 2.12. The highest BCUT2D eigenvalue weighted by molar-refractivity contribution is 9.10. The molecule has 0 aliphatic heterocycles. The highest BCUT2D eigenvalue weighted by atomic mass is 79.9. The van der Waals surface area contributed by atoms with Crippen molar-refractivity contribution >= 4 is 33.4 Å². The number of nitrogens with two attached hydrogens (primary N) is 1. The van der Waals surface area contributed by atoms with Gasteiger partial charge < -0.3 is 5.73 Å². The van der Waals surface area contributed by atoms with Gasteiger partial charge in [0.2, 0.25) is 0 Å². The summed E-state index contributed by atoms with van der Waals surface area (Å²) in [6.45, 7) is 1.92. The lowest BCUT2D eigenvalue weighted by molar-refractivity contribution is 0.693. The lowest BCUT2D eigenvalue weighted by Gasteiger charge is -2.05. The van der Waals surface area contributed by atoms with Gasteiger partial charge in [0.1, 0.15) is 5.03 Å². The topological polar surface area (TPSA) is 43.8 Å². The van der Waals surface area contributed by atoms with Gasteiger partial charge in [-0.05, 0) is 35.0 Å². The summed E-state index contributed by atoms with van der Waals surface area (Å²) in [5, 5.41) is 5.27. The lowest BCUT2D eigenvalue weighted by Crippen LogP contribution is -1.93. The number of aromatic nitrogens is 2. The molecule has 1 aromatic carbocycles. The Morgan fingerprint density at radius 1 is 1.38 bits per heavy atom. The molecule has 0 amide bonds. The van der Waals surface area contributed by atoms with Crippen molar-refractivity contribution in [2.45, 2.75) is 16.8 Å². The number of benzene rings is 1. The number of hydrogen-bond acceptors (Lipinski definition) is 3. The molecule has 5 heteroatoms. The number of halogens is 1. The number of hydrogen-bond donors (Lipinski definition) is 1. The molecule has 0 saturated heterocycles. The van der Waals surface area contributed by atoms with Crippen molar-refractivity contribution < 1.29 is 0 Å². The van der Waals surface area contributed by atoms with E-state index in [0.29, 0.717) is 0 Å². The molecule has 0 aliphatic rings. The van der Waals surface area contributed by atoms with E-state index < -0.39 is 0 Å². The molecule has 1 heterocycles. The number of nitrogens with zero attached hydrogens (tertiary/aromatic N) is 2. The largest absolute Gasteiger partial charge is 0.395 e. The van der Waals surface area contributed by atoms with Crippen molar-refractivity contribution in [1.29, 1.82) is 0 Å². The lowest BCUT2D eigenvalue weighted by atomic mass is 10.4. The molecule has 2 rings (SSSR count). The minimum absolute atomic E-state index is 0.753. The quantitative estimate of drug-likeness (QED) is 0.925. The molecule has 0 spiro atoms. The van der Waals surface area contributed by atoms with E-state index in [1.54, 1.807) is 11.8 Å². The molecule has 3 nitrogen and oxygen atoms in total. The van der Waals surface area contributed by atoms with Crippen LogP contribution in [0.5, 0.6) is 0 Å². The number of rotatable bonds is 2. The van der Waals surface area contributed by atoms with Gasteiger partial charge >= 0.3 is 0 Å². The van der Waals surface area contributed by atoms with Gasteiger partial charge in [-0.25, -0.2) is 0 Å². The predicted molar refractivity (Wildman–Crippen MR) is 70.6 cm³/mol. The Labute approximate surface area is 107 Å². The van der Waals surface area contributed by atoms with Crippen molar-refractivity contribution in [2.24, 2.45) is 7.05 Å². The van der Waals surface area contributed by atoms with Crippen molar-refractivity contribution in [2.75, 3.05) is 5.73 Å². The standard InChI is InChI=1S/C11H12BrN3S/c1-7-10(13)11(15(2)14-7)16-9-6-4-3-5-8(9)12/h3-6H,13H2,1-2H3. The summed E-state index contributed by atoms with van der Waals surface area (Å²) >= 11 is 5.14. The molecule has 0 saturated carbocycles. The van der Waals surface area contributed by atoms with Crippen molar-refractivity contribution in [1.82, 2.24) is 9.78 Å². The molecule has 1 aromatic heterocycles. The third-order valence-electron chi connectivity index (χ3n) is 2.26. The van der Waals surface area contributed by atoms with Crippen LogP contribution in [0.3, 0.4) is 0 Å². The van der Waals surface area contributed by atoms with E-state index in [2.05, 4.69) is 27.1 Å². The fourth-order valence-electron chi connectivity index (χ4n) is 1.41. The van der Waals surface area contributed by atoms with Gasteiger partial charge in [-0.3, -0.25) is 4.68 Å². The van der Waals surface area contributed by atoms with Gasteiger partial charge in [0.05, 0.1) is 11.4 Å². The predicted octanol–water partition coefficient (Wildman–Crippen LogP) is 3.22. The van der Waals surface area contributed by atoms with Crippen LogP contribution < -0.4 is 5.73 Å². The van der Waals surface area contributed by atoms with E-state index in [0.717, 1.165) is 25.8 Å². The zero-order valence-corrected chi connectivity index (χ0v) is 11.5. The molecule has 0 fully saturated rings. The van der Waals surface area contributed by atoms with Crippen LogP contribution in [0.25, 0.3) is 0 Å². The summed E-state index contributed by atoms with van der Waals surface area (Å²) in [4.78, 5) is 1.14. The van der Waals surface area contributed by atoms with Gasteiger partial charge in [0, 0.05) is 16.4 Å². The van der Waals surface area contributed by atoms with Crippen LogP contribution in [-0.4, -0.2) is 9.78 Å². The maximum Gasteiger partial charge on any atom is 0.122 e. The molecule has 84 valence electrons. The van der Waals surface area contributed by atoms with Crippen LogP contribution in [0.1, 0.15) is 5.69 Å². The molecular weight excluding hydrogens is 286 g/mol. The average Bonchev–Trinajstić information content (AvgIpc) is 2.48. The summed E-state index contributed by atoms with van der Waals surface area (Å²) in [6, 6.07) is 8.07. The van der Waals surface area contributed by atoms with Crippen molar-refractivity contribution in [3.63, 3.8) is 0 Å². The van der Waals surface area contributed by atoms with E-state index in [9.17, 15) is 0 Å². The first kappa shape index (κ1) is 11.5. The SMILES string of the molecule is Cc1nn(C)c(Sc2ccccc2Br)c1N. The third-order valence-corrected chi connectivity index (χ3v) is 4.46. The van der Waals surface area contributed by atoms with Crippen LogP contribution in [0.15, 0.2) is 38.7 Å². The number of anilines is 1. The molecule has 2 aromatic rings. The van der Waals surface area contributed by atoms with Gasteiger partial charge in [0.25, 0.3) is 0 Å². The van der Waals surface area contributed by atoms with Crippen LogP contribution in [-0.2, 0) is 7.05 Å². The van der Waals surface area contributed by atoms with Gasteiger partial charge in [-0.1, -0.05) is 23.9 Å². The summed E-state index contributed by atoms with van der Waals surface area (Å²) < 4.78 is 2.88. The Balaban J connectivity index is 2.38. The minimum Gasteiger partial charge on any atom is -0.395 e. The first-order chi connectivity index (χ1) is 7.59. The average molecular weight is 298 g/mol. The highest BCUT2D eigenvalue weighted by Crippen LogP contribution is 2.36. The second kappa shape index (κ2) is 4.51. The maximum absolute atomic E-state index is 5.98. The van der Waals surface area contributed by atoms with E-state index in [-0.39, 0.29) is 0 Å². The summed E-state index contributed by atoms with van der Waals surface area (Å²) in [7, 11) is 1.91. The maximum atomic E-state index is 5.98. The Hall–Kier alpha value is -0.940. The van der Waals surface area contributed by atoms with Crippen LogP contribution >= 0.6 is 27.7 Å². The fraction of sp³-hybridized carbons (Fsp3) is 0.182. The molecule has 2 N–H and O–H groups in total. The van der Waals surface area contributed by atoms with Gasteiger partial charge in [-0.15, -0.1) is 0 Å². The van der Waals surface area contributed by atoms with E-state index in [1.165, 1.54) is 0 Å². The van der Waals surface area contributed by atoms with Crippen LogP contribution in [0.2, 0.25) is 0 Å². The molecule has 0 atom stereocenters. The molecule has 0 bridgehead atoms. The summed E-state index contributed by atoms with van der Waals surface area (Å²) in [6.07, 6.45) is 0. The summed E-state index contributed by atoms with van der Waals surface area (Å²) in [5.41, 5.74) is 7.61. The van der Waals surface area contributed by atoms with Gasteiger partial charge in [-0.2, -0.15) is 5.10 Å². The van der Waals surface area contributed by atoms with Crippen molar-refractivity contribution in [3.8, 4) is 0 Å². The van der Waals surface area contributed by atoms with Crippen molar-refractivity contribution in [3.05, 3.63) is 34.4 Å². The smallest absolute Gasteiger partial charge is 0.122 e. The Kier molecular flexibility index (Phi) is 3.25. The van der Waals surface area contributed by atoms with Crippen LogP contribution in [0, 0.1) is 6.92 Å². The number of nitrogen functional groups attached to an aromatic ring is 1. The van der Waals surface area contributed by atoms with Crippen LogP contribution in [0.4, 0.5) is 5.69 Å². The Bertz CT molecular complexity index is 522. The van der Waals surface area contributed by atoms with E-state index >= 15 is 0 Å². The number of aryl methyl sites for hydroxylation is 2. The van der Waals surface area contributed by atoms with E-state index in [1.807, 2.05) is 36.9 Å². The molecular formula is C11H12BrN3S. The normalized spacial score (nSPS) is 10.7. The fourth-order valence-corrected chi connectivity index (χ4v) is 2.88. The second-order valence-corrected chi connectivity index (χ2v) is 5.35. The first-order valence-corrected chi connectivity index (χ1v) is 6.42. The Morgan fingerprint density at radius 3 is 2.62 bits per heavy atom. The molecule has 0 aliphatic carbocycles. The zero-order valence-electron chi connectivity index (χ0n) is 9.07. The third kappa shape index (κ3) is 2.10. The Morgan fingerprint density at radius 2 is 2.06 bits per heavy atom. The van der Waals surface area contributed by atoms with Gasteiger partial charge in [0.15, 0.2) is 0 Å².